The van der Waals surface area contributed by atoms with Crippen LogP contribution in [0.4, 0.5) is 0 Å². The monoisotopic (exact) mass is 513 g/mol. The van der Waals surface area contributed by atoms with Gasteiger partial charge in [0.15, 0.2) is 5.75 Å². The third-order valence-corrected chi connectivity index (χ3v) is 6.67. The van der Waals surface area contributed by atoms with Crippen LogP contribution in [0.5, 0.6) is 5.75 Å². The molecule has 1 N–H and O–H groups in total. The third kappa shape index (κ3) is 5.94. The Labute approximate surface area is 207 Å². The number of methoxy groups -OCH3 is 1. The normalized spacial score (nSPS) is 17.8. The van der Waals surface area contributed by atoms with Gasteiger partial charge in [-0.05, 0) is 38.5 Å². The van der Waals surface area contributed by atoms with Gasteiger partial charge in [-0.1, -0.05) is 35.0 Å². The second kappa shape index (κ2) is 12.2. The smallest absolute Gasteiger partial charge is 0.319 e. The molecule has 0 bridgehead atoms. The van der Waals surface area contributed by atoms with E-state index < -0.39 is 23.7 Å². The molecule has 178 valence electrons. The van der Waals surface area contributed by atoms with E-state index in [1.165, 1.54) is 12.1 Å². The number of nitriles is 1. The van der Waals surface area contributed by atoms with Crippen LogP contribution < -0.4 is 10.1 Å². The highest BCUT2D eigenvalue weighted by Crippen LogP contribution is 2.44. The Morgan fingerprint density at radius 2 is 1.82 bits per heavy atom. The lowest BCUT2D eigenvalue weighted by Crippen LogP contribution is -2.44. The molecular weight excluding hydrogens is 489 g/mol. The average Bonchev–Trinajstić information content (AvgIpc) is 2.79. The van der Waals surface area contributed by atoms with Gasteiger partial charge in [-0.15, -0.1) is 0 Å². The second-order valence-corrected chi connectivity index (χ2v) is 8.72. The number of esters is 1. The zero-order valence-electron chi connectivity index (χ0n) is 18.7. The Kier molecular flexibility index (Phi) is 9.89. The molecule has 1 aliphatic rings. The van der Waals surface area contributed by atoms with Crippen molar-refractivity contribution in [3.8, 4) is 11.8 Å². The minimum atomic E-state index is -1.34. The average molecular weight is 514 g/mol. The van der Waals surface area contributed by atoms with E-state index in [-0.39, 0.29) is 38.1 Å². The quantitative estimate of drug-likeness (QED) is 0.395. The number of amides is 2. The van der Waals surface area contributed by atoms with E-state index in [1.807, 2.05) is 13.8 Å². The molecule has 2 amide bonds. The molecule has 1 aromatic carbocycles. The van der Waals surface area contributed by atoms with Crippen LogP contribution in [0.25, 0.3) is 0 Å². The van der Waals surface area contributed by atoms with Crippen molar-refractivity contribution in [3.05, 3.63) is 38.3 Å². The number of ether oxygens (including phenoxy) is 2. The number of nitrogens with one attached hydrogen (secondary N) is 1. The van der Waals surface area contributed by atoms with E-state index in [4.69, 9.17) is 32.7 Å². The van der Waals surface area contributed by atoms with Gasteiger partial charge in [-0.3, -0.25) is 14.4 Å². The highest BCUT2D eigenvalue weighted by atomic mass is 35.5. The fraction of sp³-hybridized carbons (Fsp3) is 0.455. The van der Waals surface area contributed by atoms with Crippen molar-refractivity contribution in [2.75, 3.05) is 32.6 Å². The molecule has 0 spiro atoms. The molecule has 0 saturated heterocycles. The van der Waals surface area contributed by atoms with E-state index in [2.05, 4.69) is 11.4 Å². The molecule has 0 saturated carbocycles. The van der Waals surface area contributed by atoms with E-state index in [0.717, 1.165) is 18.9 Å². The first-order chi connectivity index (χ1) is 15.7. The number of carbonyl (C=O) groups is 3. The molecule has 0 fully saturated rings. The van der Waals surface area contributed by atoms with E-state index in [9.17, 15) is 19.6 Å². The number of nitrogens with zero attached hydrogens (tertiary/aromatic N) is 2. The van der Waals surface area contributed by atoms with Crippen LogP contribution in [0.1, 0.15) is 32.3 Å². The van der Waals surface area contributed by atoms with Crippen LogP contribution in [0.3, 0.4) is 0 Å². The molecule has 0 aliphatic carbocycles. The van der Waals surface area contributed by atoms with Gasteiger partial charge < -0.3 is 19.7 Å². The van der Waals surface area contributed by atoms with Crippen molar-refractivity contribution in [2.45, 2.75) is 26.7 Å². The van der Waals surface area contributed by atoms with Crippen LogP contribution in [0.2, 0.25) is 10.0 Å². The molecule has 1 aliphatic heterocycles. The van der Waals surface area contributed by atoms with Gasteiger partial charge in [0, 0.05) is 19.0 Å². The molecule has 1 aromatic rings. The molecule has 0 radical (unpaired) electrons. The van der Waals surface area contributed by atoms with E-state index in [0.29, 0.717) is 25.3 Å². The maximum absolute atomic E-state index is 12.9. The van der Waals surface area contributed by atoms with Crippen molar-refractivity contribution >= 4 is 52.7 Å². The number of benzene rings is 1. The largest absolute Gasteiger partial charge is 0.491 e. The second-order valence-electron chi connectivity index (χ2n) is 6.92. The number of allylic oxidation sites excluding steroid dienone is 1. The molecule has 33 heavy (non-hydrogen) atoms. The number of carbonyl (C=O) groups excluding carboxylic acids is 3. The summed E-state index contributed by atoms with van der Waals surface area (Å²) in [6.07, 6.45) is 0. The third-order valence-electron chi connectivity index (χ3n) is 5.11. The standard InChI is InChI=1S/C22H25Cl2N3O5S/c1-5-27(6-2)16(28)11-33-21-13(10-25)17(18(20(29)26-21)22(30)31-4)12-8-14(23)19(32-7-3)15(24)9-12/h8-9,17-18H,5-7,11H2,1-4H3,(H,26,29)/t17-,18-/m0/s1. The summed E-state index contributed by atoms with van der Waals surface area (Å²) in [6.45, 7) is 6.93. The Bertz CT molecular complexity index is 981. The van der Waals surface area contributed by atoms with Crippen molar-refractivity contribution < 1.29 is 23.9 Å². The molecule has 0 aromatic heterocycles. The summed E-state index contributed by atoms with van der Waals surface area (Å²) >= 11 is 13.7. The van der Waals surface area contributed by atoms with Gasteiger partial charge in [0.2, 0.25) is 11.8 Å². The van der Waals surface area contributed by atoms with Crippen LogP contribution in [-0.2, 0) is 19.1 Å². The number of halogens is 2. The first-order valence-corrected chi connectivity index (χ1v) is 12.0. The summed E-state index contributed by atoms with van der Waals surface area (Å²) < 4.78 is 10.3. The minimum absolute atomic E-state index is 0.0167. The van der Waals surface area contributed by atoms with Gasteiger partial charge in [-0.2, -0.15) is 5.26 Å². The van der Waals surface area contributed by atoms with E-state index in [1.54, 1.807) is 11.8 Å². The summed E-state index contributed by atoms with van der Waals surface area (Å²) in [5, 5.41) is 13.1. The fourth-order valence-corrected chi connectivity index (χ4v) is 5.09. The van der Waals surface area contributed by atoms with Crippen molar-refractivity contribution in [2.24, 2.45) is 5.92 Å². The molecule has 2 rings (SSSR count). The summed E-state index contributed by atoms with van der Waals surface area (Å²) in [4.78, 5) is 39.5. The van der Waals surface area contributed by atoms with Gasteiger partial charge >= 0.3 is 5.97 Å². The van der Waals surface area contributed by atoms with Crippen LogP contribution in [0.15, 0.2) is 22.7 Å². The maximum atomic E-state index is 12.9. The lowest BCUT2D eigenvalue weighted by molar-refractivity contribution is -0.150. The van der Waals surface area contributed by atoms with Crippen molar-refractivity contribution in [1.82, 2.24) is 10.2 Å². The minimum Gasteiger partial charge on any atom is -0.491 e. The van der Waals surface area contributed by atoms with Crippen LogP contribution in [-0.4, -0.2) is 55.2 Å². The zero-order chi connectivity index (χ0) is 24.7. The Morgan fingerprint density at radius 3 is 2.30 bits per heavy atom. The van der Waals surface area contributed by atoms with Crippen LogP contribution in [0, 0.1) is 17.2 Å². The molecule has 0 unspecified atom stereocenters. The van der Waals surface area contributed by atoms with Gasteiger partial charge in [-0.25, -0.2) is 0 Å². The number of hydrogen-bond acceptors (Lipinski definition) is 7. The summed E-state index contributed by atoms with van der Waals surface area (Å²) in [6, 6.07) is 5.11. The molecule has 2 atom stereocenters. The first-order valence-electron chi connectivity index (χ1n) is 10.3. The highest BCUT2D eigenvalue weighted by molar-refractivity contribution is 8.03. The molecular formula is C22H25Cl2N3O5S. The zero-order valence-corrected chi connectivity index (χ0v) is 21.1. The molecule has 8 nitrogen and oxygen atoms in total. The van der Waals surface area contributed by atoms with Gasteiger partial charge in [0.25, 0.3) is 0 Å². The Morgan fingerprint density at radius 1 is 1.21 bits per heavy atom. The Hall–Kier alpha value is -2.41. The van der Waals surface area contributed by atoms with Crippen LogP contribution >= 0.6 is 35.0 Å². The molecule has 1 heterocycles. The number of rotatable bonds is 9. The topological polar surface area (TPSA) is 109 Å². The summed E-state index contributed by atoms with van der Waals surface area (Å²) in [5.41, 5.74) is 0.488. The SMILES string of the molecule is CCOc1c(Cl)cc([C@H]2C(C#N)=C(SCC(=O)N(CC)CC)NC(=O)[C@H]2C(=O)OC)cc1Cl. The Balaban J connectivity index is 2.57. The van der Waals surface area contributed by atoms with Crippen molar-refractivity contribution in [3.63, 3.8) is 0 Å². The predicted molar refractivity (Wildman–Crippen MR) is 127 cm³/mol. The van der Waals surface area contributed by atoms with Gasteiger partial charge in [0.05, 0.1) is 46.2 Å². The first kappa shape index (κ1) is 26.8. The maximum Gasteiger partial charge on any atom is 0.319 e. The summed E-state index contributed by atoms with van der Waals surface area (Å²) in [7, 11) is 1.16. The predicted octanol–water partition coefficient (Wildman–Crippen LogP) is 3.73. The van der Waals surface area contributed by atoms with Gasteiger partial charge in [0.1, 0.15) is 5.92 Å². The van der Waals surface area contributed by atoms with Crippen molar-refractivity contribution in [1.29, 1.82) is 5.26 Å². The molecule has 11 heteroatoms. The number of hydrogen-bond donors (Lipinski definition) is 1. The fourth-order valence-electron chi connectivity index (χ4n) is 3.52. The van der Waals surface area contributed by atoms with E-state index >= 15 is 0 Å². The summed E-state index contributed by atoms with van der Waals surface area (Å²) in [5.74, 6) is -3.66. The highest BCUT2D eigenvalue weighted by Gasteiger charge is 2.44. The lowest BCUT2D eigenvalue weighted by Gasteiger charge is -2.31. The lowest BCUT2D eigenvalue weighted by atomic mass is 9.78. The number of thioether (sulfide) groups is 1.